The highest BCUT2D eigenvalue weighted by Gasteiger charge is 2.48. The Bertz CT molecular complexity index is 733. The average Bonchev–Trinajstić information content (AvgIpc) is 2.51. The van der Waals surface area contributed by atoms with Gasteiger partial charge in [0.2, 0.25) is 5.91 Å². The van der Waals surface area contributed by atoms with Crippen LogP contribution in [-0.2, 0) is 15.1 Å². The van der Waals surface area contributed by atoms with Gasteiger partial charge < -0.3 is 9.64 Å². The van der Waals surface area contributed by atoms with Crippen LogP contribution in [0.15, 0.2) is 12.1 Å². The quantitative estimate of drug-likeness (QED) is 0.854. The SMILES string of the molecule is N#CCC(=O)N1CCCC2(C1)OC(=O)Nc1ccc(Cl)c(F)c12. The molecule has 23 heavy (non-hydrogen) atoms. The second-order valence-electron chi connectivity index (χ2n) is 5.55. The van der Waals surface area contributed by atoms with E-state index in [1.165, 1.54) is 17.0 Å². The van der Waals surface area contributed by atoms with E-state index in [1.54, 1.807) is 6.07 Å². The van der Waals surface area contributed by atoms with Gasteiger partial charge >= 0.3 is 6.09 Å². The number of amides is 2. The van der Waals surface area contributed by atoms with Gasteiger partial charge in [-0.15, -0.1) is 0 Å². The summed E-state index contributed by atoms with van der Waals surface area (Å²) in [6.07, 6.45) is -0.0712. The minimum Gasteiger partial charge on any atom is -0.436 e. The summed E-state index contributed by atoms with van der Waals surface area (Å²) in [6, 6.07) is 4.67. The van der Waals surface area contributed by atoms with Crippen molar-refractivity contribution in [2.75, 3.05) is 18.4 Å². The zero-order valence-electron chi connectivity index (χ0n) is 12.1. The minimum atomic E-state index is -1.28. The van der Waals surface area contributed by atoms with Crippen LogP contribution < -0.4 is 5.32 Å². The second kappa shape index (κ2) is 5.70. The third kappa shape index (κ3) is 2.59. The van der Waals surface area contributed by atoms with E-state index in [2.05, 4.69) is 5.32 Å². The summed E-state index contributed by atoms with van der Waals surface area (Å²) >= 11 is 5.87. The molecule has 1 aromatic carbocycles. The molecule has 1 N–H and O–H groups in total. The lowest BCUT2D eigenvalue weighted by Crippen LogP contribution is -2.53. The maximum atomic E-state index is 14.6. The molecule has 1 unspecified atom stereocenters. The van der Waals surface area contributed by atoms with Gasteiger partial charge in [-0.05, 0) is 25.0 Å². The number of hydrogen-bond acceptors (Lipinski definition) is 4. The Hall–Kier alpha value is -2.33. The highest BCUT2D eigenvalue weighted by atomic mass is 35.5. The van der Waals surface area contributed by atoms with Crippen molar-refractivity contribution in [3.63, 3.8) is 0 Å². The van der Waals surface area contributed by atoms with E-state index in [-0.39, 0.29) is 35.1 Å². The van der Waals surface area contributed by atoms with Crippen molar-refractivity contribution in [2.45, 2.75) is 24.9 Å². The first-order valence-corrected chi connectivity index (χ1v) is 7.48. The van der Waals surface area contributed by atoms with E-state index < -0.39 is 17.5 Å². The first-order chi connectivity index (χ1) is 11.0. The van der Waals surface area contributed by atoms with E-state index >= 15 is 0 Å². The summed E-state index contributed by atoms with van der Waals surface area (Å²) < 4.78 is 20.0. The van der Waals surface area contributed by atoms with E-state index in [0.717, 1.165) is 0 Å². The third-order valence-electron chi connectivity index (χ3n) is 4.11. The van der Waals surface area contributed by atoms with E-state index in [9.17, 15) is 14.0 Å². The van der Waals surface area contributed by atoms with Crippen molar-refractivity contribution in [2.24, 2.45) is 0 Å². The van der Waals surface area contributed by atoms with E-state index in [1.807, 2.05) is 0 Å². The van der Waals surface area contributed by atoms with Gasteiger partial charge in [0.25, 0.3) is 0 Å². The summed E-state index contributed by atoms with van der Waals surface area (Å²) in [5.41, 5.74) is -0.840. The molecule has 1 aromatic rings. The molecular weight excluding hydrogens is 325 g/mol. The Labute approximate surface area is 136 Å². The Morgan fingerprint density at radius 1 is 1.57 bits per heavy atom. The molecule has 0 saturated carbocycles. The first kappa shape index (κ1) is 15.6. The molecule has 8 heteroatoms. The maximum absolute atomic E-state index is 14.6. The van der Waals surface area contributed by atoms with Gasteiger partial charge in [0.15, 0.2) is 11.4 Å². The minimum absolute atomic E-state index is 0.00515. The van der Waals surface area contributed by atoms with Crippen LogP contribution in [0.3, 0.4) is 0 Å². The van der Waals surface area contributed by atoms with Crippen molar-refractivity contribution < 1.29 is 18.7 Å². The van der Waals surface area contributed by atoms with Crippen LogP contribution in [0.4, 0.5) is 14.9 Å². The highest BCUT2D eigenvalue weighted by Crippen LogP contribution is 2.45. The molecule has 2 aliphatic heterocycles. The number of piperidine rings is 1. The number of halogens is 2. The van der Waals surface area contributed by atoms with Crippen LogP contribution in [0.5, 0.6) is 0 Å². The monoisotopic (exact) mass is 337 g/mol. The molecule has 1 spiro atoms. The van der Waals surface area contributed by atoms with Crippen LogP contribution in [0.2, 0.25) is 5.02 Å². The zero-order valence-corrected chi connectivity index (χ0v) is 12.8. The fourth-order valence-electron chi connectivity index (χ4n) is 3.17. The Morgan fingerprint density at radius 2 is 2.35 bits per heavy atom. The fourth-order valence-corrected chi connectivity index (χ4v) is 3.32. The number of likely N-dealkylation sites (tertiary alicyclic amines) is 1. The van der Waals surface area contributed by atoms with Crippen LogP contribution >= 0.6 is 11.6 Å². The summed E-state index contributed by atoms with van der Waals surface area (Å²) in [6.45, 7) is 0.440. The van der Waals surface area contributed by atoms with Crippen LogP contribution in [0.25, 0.3) is 0 Å². The smallest absolute Gasteiger partial charge is 0.412 e. The summed E-state index contributed by atoms with van der Waals surface area (Å²) in [4.78, 5) is 25.3. The van der Waals surface area contributed by atoms with Gasteiger partial charge in [0.05, 0.1) is 28.9 Å². The molecule has 2 heterocycles. The van der Waals surface area contributed by atoms with Crippen LogP contribution in [0.1, 0.15) is 24.8 Å². The lowest BCUT2D eigenvalue weighted by molar-refractivity contribution is -0.138. The normalized spacial score (nSPS) is 22.8. The standard InChI is InChI=1S/C15H13ClFN3O3/c16-9-2-3-10-12(13(9)17)15(23-14(22)19-10)5-1-7-20(8-15)11(21)4-6-18/h2-3H,1,4-5,7-8H2,(H,19,22). The van der Waals surface area contributed by atoms with Crippen molar-refractivity contribution in [1.29, 1.82) is 5.26 Å². The molecular formula is C15H13ClFN3O3. The number of rotatable bonds is 1. The number of carbonyl (C=O) groups excluding carboxylic acids is 2. The Morgan fingerprint density at radius 3 is 3.09 bits per heavy atom. The molecule has 1 saturated heterocycles. The molecule has 0 aliphatic carbocycles. The Balaban J connectivity index is 2.05. The first-order valence-electron chi connectivity index (χ1n) is 7.10. The van der Waals surface area contributed by atoms with Gasteiger partial charge in [0.1, 0.15) is 6.42 Å². The van der Waals surface area contributed by atoms with Crippen molar-refractivity contribution in [1.82, 2.24) is 4.90 Å². The summed E-state index contributed by atoms with van der Waals surface area (Å²) in [7, 11) is 0. The topological polar surface area (TPSA) is 82.4 Å². The number of carbonyl (C=O) groups is 2. The number of anilines is 1. The lowest BCUT2D eigenvalue weighted by atomic mass is 9.83. The van der Waals surface area contributed by atoms with E-state index in [0.29, 0.717) is 19.4 Å². The lowest BCUT2D eigenvalue weighted by Gasteiger charge is -2.45. The summed E-state index contributed by atoms with van der Waals surface area (Å²) in [5.74, 6) is -1.04. The zero-order chi connectivity index (χ0) is 16.6. The average molecular weight is 338 g/mol. The van der Waals surface area contributed by atoms with Crippen molar-refractivity contribution in [3.05, 3.63) is 28.5 Å². The molecule has 120 valence electrons. The van der Waals surface area contributed by atoms with Crippen molar-refractivity contribution >= 4 is 29.3 Å². The van der Waals surface area contributed by atoms with Crippen molar-refractivity contribution in [3.8, 4) is 6.07 Å². The number of nitrogens with one attached hydrogen (secondary N) is 1. The largest absolute Gasteiger partial charge is 0.436 e. The number of nitriles is 1. The molecule has 2 aliphatic rings. The molecule has 3 rings (SSSR count). The number of fused-ring (bicyclic) bond motifs is 2. The molecule has 0 bridgehead atoms. The predicted octanol–water partition coefficient (Wildman–Crippen LogP) is 2.77. The van der Waals surface area contributed by atoms with Gasteiger partial charge in [-0.25, -0.2) is 9.18 Å². The molecule has 0 radical (unpaired) electrons. The highest BCUT2D eigenvalue weighted by molar-refractivity contribution is 6.31. The molecule has 1 atom stereocenters. The molecule has 6 nitrogen and oxygen atoms in total. The molecule has 0 aromatic heterocycles. The van der Waals surface area contributed by atoms with Gasteiger partial charge in [-0.2, -0.15) is 5.26 Å². The number of hydrogen-bond donors (Lipinski definition) is 1. The fraction of sp³-hybridized carbons (Fsp3) is 0.400. The summed E-state index contributed by atoms with van der Waals surface area (Å²) in [5, 5.41) is 11.1. The van der Waals surface area contributed by atoms with Crippen LogP contribution in [0, 0.1) is 17.1 Å². The second-order valence-corrected chi connectivity index (χ2v) is 5.95. The van der Waals surface area contributed by atoms with E-state index in [4.69, 9.17) is 21.6 Å². The molecule has 2 amide bonds. The van der Waals surface area contributed by atoms with Gasteiger partial charge in [-0.1, -0.05) is 11.6 Å². The Kier molecular flexibility index (Phi) is 3.86. The number of benzene rings is 1. The predicted molar refractivity (Wildman–Crippen MR) is 79.2 cm³/mol. The van der Waals surface area contributed by atoms with Crippen LogP contribution in [-0.4, -0.2) is 30.0 Å². The third-order valence-corrected chi connectivity index (χ3v) is 4.41. The molecule has 1 fully saturated rings. The number of nitrogens with zero attached hydrogens (tertiary/aromatic N) is 2. The number of ether oxygens (including phenoxy) is 1. The van der Waals surface area contributed by atoms with Gasteiger partial charge in [0, 0.05) is 6.54 Å². The van der Waals surface area contributed by atoms with Gasteiger partial charge in [-0.3, -0.25) is 10.1 Å². The maximum Gasteiger partial charge on any atom is 0.412 e.